The molecule has 1 aliphatic rings. The zero-order chi connectivity index (χ0) is 24.2. The number of hydrogen-bond acceptors (Lipinski definition) is 5. The number of rotatable bonds is 6. The van der Waals surface area contributed by atoms with Crippen molar-refractivity contribution < 1.29 is 4.79 Å². The zero-order valence-corrected chi connectivity index (χ0v) is 20.0. The third-order valence-corrected chi connectivity index (χ3v) is 6.69. The predicted octanol–water partition coefficient (Wildman–Crippen LogP) is 4.19. The molecule has 0 atom stereocenters. The number of carbonyl (C=O) groups is 1. The predicted molar refractivity (Wildman–Crippen MR) is 141 cm³/mol. The van der Waals surface area contributed by atoms with Gasteiger partial charge in [-0.2, -0.15) is 9.78 Å². The monoisotopic (exact) mass is 487 g/mol. The maximum atomic E-state index is 12.8. The Morgan fingerprint density at radius 3 is 2.43 bits per heavy atom. The van der Waals surface area contributed by atoms with Gasteiger partial charge in [0, 0.05) is 50.2 Å². The zero-order valence-electron chi connectivity index (χ0n) is 19.2. The molecule has 0 bridgehead atoms. The number of halogens is 1. The number of benzene rings is 3. The van der Waals surface area contributed by atoms with Crippen molar-refractivity contribution in [3.8, 4) is 5.69 Å². The van der Waals surface area contributed by atoms with E-state index in [0.29, 0.717) is 37.4 Å². The van der Waals surface area contributed by atoms with Crippen LogP contribution in [-0.4, -0.2) is 53.3 Å². The van der Waals surface area contributed by atoms with Gasteiger partial charge in [-0.15, -0.1) is 0 Å². The number of carbonyl (C=O) groups excluding carboxylic acids is 1. The van der Waals surface area contributed by atoms with Gasteiger partial charge in [0.2, 0.25) is 5.91 Å². The lowest BCUT2D eigenvalue weighted by molar-refractivity contribution is -0.116. The van der Waals surface area contributed by atoms with Gasteiger partial charge in [0.25, 0.3) is 5.56 Å². The number of para-hydroxylation sites is 1. The van der Waals surface area contributed by atoms with Gasteiger partial charge in [-0.1, -0.05) is 66.2 Å². The molecule has 0 saturated carbocycles. The van der Waals surface area contributed by atoms with Crippen molar-refractivity contribution in [2.45, 2.75) is 6.42 Å². The largest absolute Gasteiger partial charge is 0.366 e. The van der Waals surface area contributed by atoms with Crippen LogP contribution >= 0.6 is 11.6 Å². The molecule has 35 heavy (non-hydrogen) atoms. The highest BCUT2D eigenvalue weighted by molar-refractivity contribution is 6.33. The molecule has 1 amide bonds. The van der Waals surface area contributed by atoms with Gasteiger partial charge < -0.3 is 10.2 Å². The molecule has 3 aromatic carbocycles. The molecule has 5 rings (SSSR count). The lowest BCUT2D eigenvalue weighted by Crippen LogP contribution is -2.47. The average molecular weight is 488 g/mol. The number of amides is 1. The molecule has 2 heterocycles. The van der Waals surface area contributed by atoms with E-state index in [1.807, 2.05) is 72.8 Å². The molecule has 8 heteroatoms. The van der Waals surface area contributed by atoms with Crippen LogP contribution in [0.1, 0.15) is 6.42 Å². The highest BCUT2D eigenvalue weighted by Crippen LogP contribution is 2.24. The van der Waals surface area contributed by atoms with Gasteiger partial charge in [-0.25, -0.2) is 0 Å². The fourth-order valence-corrected chi connectivity index (χ4v) is 4.67. The fraction of sp³-hybridized carbons (Fsp3) is 0.222. The summed E-state index contributed by atoms with van der Waals surface area (Å²) in [5.74, 6) is 0.000509. The van der Waals surface area contributed by atoms with Crippen LogP contribution in [0.25, 0.3) is 16.5 Å². The van der Waals surface area contributed by atoms with Gasteiger partial charge in [0.1, 0.15) is 5.02 Å². The highest BCUT2D eigenvalue weighted by Gasteiger charge is 2.22. The number of nitrogens with zero attached hydrogens (tertiary/aromatic N) is 4. The Kier molecular flexibility index (Phi) is 6.79. The van der Waals surface area contributed by atoms with Crippen LogP contribution in [0, 0.1) is 0 Å². The maximum absolute atomic E-state index is 12.8. The van der Waals surface area contributed by atoms with Crippen molar-refractivity contribution in [2.24, 2.45) is 0 Å². The summed E-state index contributed by atoms with van der Waals surface area (Å²) < 4.78 is 1.32. The number of piperazine rings is 1. The Balaban J connectivity index is 1.16. The topological polar surface area (TPSA) is 70.5 Å². The second kappa shape index (κ2) is 10.3. The number of aromatic nitrogens is 2. The minimum Gasteiger partial charge on any atom is -0.366 e. The lowest BCUT2D eigenvalue weighted by atomic mass is 10.1. The standard InChI is InChI=1S/C27H26ClN5O2/c28-26-24(19-29-33(27(26)35)21-9-2-1-3-10-21)32-17-15-31(16-18-32)14-13-25(34)30-23-12-6-8-20-7-4-5-11-22(20)23/h1-12,19H,13-18H2,(H,30,34). The molecule has 1 N–H and O–H groups in total. The smallest absolute Gasteiger partial charge is 0.292 e. The highest BCUT2D eigenvalue weighted by atomic mass is 35.5. The Bertz CT molecular complexity index is 1390. The molecule has 1 aliphatic heterocycles. The fourth-order valence-electron chi connectivity index (χ4n) is 4.42. The van der Waals surface area contributed by atoms with Crippen molar-refractivity contribution in [3.05, 3.63) is 94.4 Å². The molecular formula is C27H26ClN5O2. The van der Waals surface area contributed by atoms with Gasteiger partial charge >= 0.3 is 0 Å². The summed E-state index contributed by atoms with van der Waals surface area (Å²) in [6.07, 6.45) is 2.07. The molecule has 1 fully saturated rings. The van der Waals surface area contributed by atoms with Gasteiger partial charge in [-0.05, 0) is 23.6 Å². The normalized spacial score (nSPS) is 14.3. The number of anilines is 2. The summed E-state index contributed by atoms with van der Waals surface area (Å²) in [5.41, 5.74) is 1.84. The van der Waals surface area contributed by atoms with Crippen molar-refractivity contribution in [1.82, 2.24) is 14.7 Å². The maximum Gasteiger partial charge on any atom is 0.292 e. The lowest BCUT2D eigenvalue weighted by Gasteiger charge is -2.36. The van der Waals surface area contributed by atoms with E-state index in [-0.39, 0.29) is 16.5 Å². The Morgan fingerprint density at radius 2 is 1.63 bits per heavy atom. The summed E-state index contributed by atoms with van der Waals surface area (Å²) in [4.78, 5) is 29.7. The van der Waals surface area contributed by atoms with Crippen molar-refractivity contribution in [2.75, 3.05) is 42.9 Å². The summed E-state index contributed by atoms with van der Waals surface area (Å²) >= 11 is 6.46. The van der Waals surface area contributed by atoms with Gasteiger partial charge in [0.15, 0.2) is 0 Å². The van der Waals surface area contributed by atoms with Crippen LogP contribution in [0.2, 0.25) is 5.02 Å². The van der Waals surface area contributed by atoms with Crippen molar-refractivity contribution in [1.29, 1.82) is 0 Å². The first-order valence-electron chi connectivity index (χ1n) is 11.7. The molecule has 178 valence electrons. The van der Waals surface area contributed by atoms with E-state index in [1.54, 1.807) is 6.20 Å². The molecule has 1 saturated heterocycles. The molecule has 0 aliphatic carbocycles. The average Bonchev–Trinajstić information content (AvgIpc) is 2.90. The molecule has 0 spiro atoms. The Morgan fingerprint density at radius 1 is 0.914 bits per heavy atom. The summed E-state index contributed by atoms with van der Waals surface area (Å²) in [7, 11) is 0. The quantitative estimate of drug-likeness (QED) is 0.441. The second-order valence-electron chi connectivity index (χ2n) is 8.55. The van der Waals surface area contributed by atoms with Crippen LogP contribution in [-0.2, 0) is 4.79 Å². The van der Waals surface area contributed by atoms with E-state index >= 15 is 0 Å². The van der Waals surface area contributed by atoms with E-state index in [9.17, 15) is 9.59 Å². The van der Waals surface area contributed by atoms with Crippen LogP contribution < -0.4 is 15.8 Å². The van der Waals surface area contributed by atoms with Gasteiger partial charge in [-0.3, -0.25) is 14.5 Å². The summed E-state index contributed by atoms with van der Waals surface area (Å²) in [6.45, 7) is 3.65. The molecule has 7 nitrogen and oxygen atoms in total. The van der Waals surface area contributed by atoms with Crippen LogP contribution in [0.3, 0.4) is 0 Å². The molecule has 1 aromatic heterocycles. The molecule has 0 unspecified atom stereocenters. The Labute approximate surface area is 208 Å². The minimum absolute atomic E-state index is 0.000509. The first-order chi connectivity index (χ1) is 17.1. The third kappa shape index (κ3) is 5.06. The van der Waals surface area contributed by atoms with E-state index in [4.69, 9.17) is 11.6 Å². The van der Waals surface area contributed by atoms with Crippen molar-refractivity contribution in [3.63, 3.8) is 0 Å². The van der Waals surface area contributed by atoms with Crippen LogP contribution in [0.5, 0.6) is 0 Å². The molecule has 4 aromatic rings. The van der Waals surface area contributed by atoms with E-state index in [2.05, 4.69) is 20.2 Å². The summed E-state index contributed by atoms with van der Waals surface area (Å²) in [5, 5.41) is 9.70. The SMILES string of the molecule is O=C(CCN1CCN(c2cnn(-c3ccccc3)c(=O)c2Cl)CC1)Nc1cccc2ccccc12. The van der Waals surface area contributed by atoms with E-state index in [0.717, 1.165) is 29.5 Å². The minimum atomic E-state index is -0.331. The van der Waals surface area contributed by atoms with Crippen LogP contribution in [0.15, 0.2) is 83.8 Å². The van der Waals surface area contributed by atoms with Crippen molar-refractivity contribution >= 4 is 39.7 Å². The summed E-state index contributed by atoms with van der Waals surface area (Å²) in [6, 6.07) is 23.2. The molecular weight excluding hydrogens is 462 g/mol. The molecule has 0 radical (unpaired) electrons. The van der Waals surface area contributed by atoms with E-state index in [1.165, 1.54) is 4.68 Å². The first-order valence-corrected chi connectivity index (χ1v) is 12.1. The first kappa shape index (κ1) is 23.1. The van der Waals surface area contributed by atoms with E-state index < -0.39 is 0 Å². The Hall–Kier alpha value is -3.68. The number of fused-ring (bicyclic) bond motifs is 1. The van der Waals surface area contributed by atoms with Gasteiger partial charge in [0.05, 0.1) is 17.6 Å². The second-order valence-corrected chi connectivity index (χ2v) is 8.93. The third-order valence-electron chi connectivity index (χ3n) is 6.33. The van der Waals surface area contributed by atoms with Crippen LogP contribution in [0.4, 0.5) is 11.4 Å². The number of nitrogens with one attached hydrogen (secondary N) is 1. The number of hydrogen-bond donors (Lipinski definition) is 1.